The SMILES string of the molecule is CC/C=C\C/C=C\C/C=C\C/C=C\CCCCCCCCCCCCCCC(=O)OCC(COC(=O)CCCC/C=C\C/C=C\C/C=C\C/C=C\CC)OC(=O)CCCCCCCCCCC/C=C\C/C=C\CCCCC. The largest absolute Gasteiger partial charge is 0.462 e. The van der Waals surface area contributed by atoms with E-state index in [1.54, 1.807) is 0 Å². The molecule has 0 bridgehead atoms. The van der Waals surface area contributed by atoms with Gasteiger partial charge in [0, 0.05) is 19.3 Å². The summed E-state index contributed by atoms with van der Waals surface area (Å²) in [5, 5.41) is 0. The van der Waals surface area contributed by atoms with Gasteiger partial charge < -0.3 is 14.2 Å². The van der Waals surface area contributed by atoms with Crippen molar-refractivity contribution < 1.29 is 28.6 Å². The van der Waals surface area contributed by atoms with Crippen molar-refractivity contribution in [2.75, 3.05) is 13.2 Å². The van der Waals surface area contributed by atoms with Crippen LogP contribution in [0.3, 0.4) is 0 Å². The van der Waals surface area contributed by atoms with E-state index in [9.17, 15) is 14.4 Å². The molecule has 0 aliphatic carbocycles. The number of rotatable bonds is 57. The monoisotopic (exact) mass is 1070 g/mol. The van der Waals surface area contributed by atoms with Crippen LogP contribution in [0.5, 0.6) is 0 Å². The number of hydrogen-bond acceptors (Lipinski definition) is 6. The fourth-order valence-corrected chi connectivity index (χ4v) is 8.69. The molecule has 0 spiro atoms. The number of allylic oxidation sites excluding steroid dienone is 20. The van der Waals surface area contributed by atoms with Crippen LogP contribution in [0.1, 0.15) is 290 Å². The highest BCUT2D eigenvalue weighted by molar-refractivity contribution is 5.71. The summed E-state index contributed by atoms with van der Waals surface area (Å²) in [6.07, 6.45) is 89.2. The summed E-state index contributed by atoms with van der Waals surface area (Å²) in [7, 11) is 0. The van der Waals surface area contributed by atoms with Gasteiger partial charge in [0.05, 0.1) is 0 Å². The maximum Gasteiger partial charge on any atom is 0.306 e. The van der Waals surface area contributed by atoms with E-state index in [1.807, 2.05) is 0 Å². The molecule has 1 atom stereocenters. The van der Waals surface area contributed by atoms with E-state index in [2.05, 4.69) is 142 Å². The van der Waals surface area contributed by atoms with E-state index in [1.165, 1.54) is 135 Å². The maximum atomic E-state index is 12.9. The average Bonchev–Trinajstić information content (AvgIpc) is 3.43. The Hall–Kier alpha value is -4.19. The lowest BCUT2D eigenvalue weighted by Gasteiger charge is -2.18. The summed E-state index contributed by atoms with van der Waals surface area (Å²) >= 11 is 0. The smallest absolute Gasteiger partial charge is 0.306 e. The molecule has 0 N–H and O–H groups in total. The first kappa shape index (κ1) is 72.8. The minimum absolute atomic E-state index is 0.0954. The molecule has 0 saturated carbocycles. The van der Waals surface area contributed by atoms with Crippen LogP contribution in [0.4, 0.5) is 0 Å². The molecule has 438 valence electrons. The highest BCUT2D eigenvalue weighted by atomic mass is 16.6. The van der Waals surface area contributed by atoms with Crippen LogP contribution < -0.4 is 0 Å². The third-order valence-corrected chi connectivity index (χ3v) is 13.4. The third kappa shape index (κ3) is 62.5. The minimum Gasteiger partial charge on any atom is -0.462 e. The Morgan fingerprint density at radius 1 is 0.273 bits per heavy atom. The number of unbranched alkanes of at least 4 members (excludes halogenated alkanes) is 26. The molecule has 0 aliphatic rings. The van der Waals surface area contributed by atoms with Crippen molar-refractivity contribution in [1.82, 2.24) is 0 Å². The van der Waals surface area contributed by atoms with E-state index in [4.69, 9.17) is 14.2 Å². The molecule has 0 aromatic heterocycles. The third-order valence-electron chi connectivity index (χ3n) is 13.4. The molecule has 0 heterocycles. The number of carbonyl (C=O) groups is 3. The van der Waals surface area contributed by atoms with Crippen molar-refractivity contribution in [3.63, 3.8) is 0 Å². The van der Waals surface area contributed by atoms with E-state index in [0.29, 0.717) is 19.3 Å². The molecular formula is C71H118O6. The van der Waals surface area contributed by atoms with Crippen molar-refractivity contribution in [3.05, 3.63) is 122 Å². The molecule has 0 saturated heterocycles. The first-order valence-electron chi connectivity index (χ1n) is 32.0. The standard InChI is InChI=1S/C71H118O6/c1-4-7-10-13-16-19-22-25-28-30-32-33-34-35-36-37-39-40-43-46-49-52-55-58-61-64-70(73)76-67-68(66-75-69(72)63-60-57-54-51-48-45-42-27-24-21-18-15-12-9-6-3)77-71(74)65-62-59-56-53-50-47-44-41-38-31-29-26-23-20-17-14-11-8-5-2/h7,9-10,12,16-21,25-29,32-33,42,48,51,68H,4-6,8,11,13-15,22-24,30-31,34-41,43-47,49-50,52-67H2,1-3H3/b10-7-,12-9-,19-16-,20-17-,21-18-,28-25-,29-26-,33-32-,42-27-,51-48-. The molecule has 6 heteroatoms. The molecule has 0 radical (unpaired) electrons. The van der Waals surface area contributed by atoms with Gasteiger partial charge in [-0.3, -0.25) is 14.4 Å². The van der Waals surface area contributed by atoms with Gasteiger partial charge in [-0.25, -0.2) is 0 Å². The van der Waals surface area contributed by atoms with Crippen LogP contribution >= 0.6 is 0 Å². The molecule has 0 rings (SSSR count). The first-order chi connectivity index (χ1) is 38.0. The lowest BCUT2D eigenvalue weighted by Crippen LogP contribution is -2.30. The highest BCUT2D eigenvalue weighted by Crippen LogP contribution is 2.16. The molecular weight excluding hydrogens is 949 g/mol. The van der Waals surface area contributed by atoms with Crippen molar-refractivity contribution in [1.29, 1.82) is 0 Å². The lowest BCUT2D eigenvalue weighted by molar-refractivity contribution is -0.167. The zero-order valence-electron chi connectivity index (χ0n) is 50.2. The predicted molar refractivity (Wildman–Crippen MR) is 334 cm³/mol. The summed E-state index contributed by atoms with van der Waals surface area (Å²) in [6.45, 7) is 6.37. The molecule has 6 nitrogen and oxygen atoms in total. The first-order valence-corrected chi connectivity index (χ1v) is 32.0. The minimum atomic E-state index is -0.802. The molecule has 0 fully saturated rings. The van der Waals surface area contributed by atoms with Crippen molar-refractivity contribution >= 4 is 17.9 Å². The van der Waals surface area contributed by atoms with Crippen LogP contribution in [0.15, 0.2) is 122 Å². The zero-order valence-corrected chi connectivity index (χ0v) is 50.2. The molecule has 0 aromatic carbocycles. The van der Waals surface area contributed by atoms with Gasteiger partial charge in [-0.05, 0) is 128 Å². The Morgan fingerprint density at radius 3 is 0.818 bits per heavy atom. The van der Waals surface area contributed by atoms with Crippen molar-refractivity contribution in [2.45, 2.75) is 297 Å². The molecule has 1 unspecified atom stereocenters. The maximum absolute atomic E-state index is 12.9. The average molecular weight is 1070 g/mol. The van der Waals surface area contributed by atoms with Crippen LogP contribution in [0, 0.1) is 0 Å². The lowest BCUT2D eigenvalue weighted by atomic mass is 10.0. The van der Waals surface area contributed by atoms with Crippen molar-refractivity contribution in [3.8, 4) is 0 Å². The van der Waals surface area contributed by atoms with Crippen molar-refractivity contribution in [2.24, 2.45) is 0 Å². The van der Waals surface area contributed by atoms with Gasteiger partial charge in [-0.15, -0.1) is 0 Å². The van der Waals surface area contributed by atoms with Gasteiger partial charge in [0.15, 0.2) is 6.10 Å². The van der Waals surface area contributed by atoms with Gasteiger partial charge >= 0.3 is 17.9 Å². The van der Waals surface area contributed by atoms with E-state index in [-0.39, 0.29) is 31.1 Å². The Kier molecular flexibility index (Phi) is 60.8. The van der Waals surface area contributed by atoms with Gasteiger partial charge in [-0.1, -0.05) is 264 Å². The predicted octanol–water partition coefficient (Wildman–Crippen LogP) is 22.0. The van der Waals surface area contributed by atoms with Gasteiger partial charge in [0.25, 0.3) is 0 Å². The molecule has 0 amide bonds. The van der Waals surface area contributed by atoms with Gasteiger partial charge in [0.2, 0.25) is 0 Å². The number of ether oxygens (including phenoxy) is 3. The number of hydrogen-bond donors (Lipinski definition) is 0. The second kappa shape index (κ2) is 64.3. The fourth-order valence-electron chi connectivity index (χ4n) is 8.69. The molecule has 0 aromatic rings. The summed E-state index contributed by atoms with van der Waals surface area (Å²) in [6, 6.07) is 0. The summed E-state index contributed by atoms with van der Waals surface area (Å²) in [5.74, 6) is -0.939. The molecule has 0 aliphatic heterocycles. The van der Waals surface area contributed by atoms with E-state index < -0.39 is 6.10 Å². The second-order valence-electron chi connectivity index (χ2n) is 20.9. The summed E-state index contributed by atoms with van der Waals surface area (Å²) < 4.78 is 16.9. The zero-order chi connectivity index (χ0) is 55.7. The normalized spacial score (nSPS) is 12.9. The Labute approximate surface area is 475 Å². The van der Waals surface area contributed by atoms with E-state index >= 15 is 0 Å². The molecule has 77 heavy (non-hydrogen) atoms. The van der Waals surface area contributed by atoms with E-state index in [0.717, 1.165) is 116 Å². The number of carbonyl (C=O) groups excluding carboxylic acids is 3. The van der Waals surface area contributed by atoms with Crippen LogP contribution in [-0.2, 0) is 28.6 Å². The topological polar surface area (TPSA) is 78.9 Å². The highest BCUT2D eigenvalue weighted by Gasteiger charge is 2.19. The summed E-state index contributed by atoms with van der Waals surface area (Å²) in [5.41, 5.74) is 0. The second-order valence-corrected chi connectivity index (χ2v) is 20.9. The van der Waals surface area contributed by atoms with Gasteiger partial charge in [-0.2, -0.15) is 0 Å². The van der Waals surface area contributed by atoms with Gasteiger partial charge in [0.1, 0.15) is 13.2 Å². The van der Waals surface area contributed by atoms with Crippen LogP contribution in [0.25, 0.3) is 0 Å². The Morgan fingerprint density at radius 2 is 0.506 bits per heavy atom. The van der Waals surface area contributed by atoms with Crippen LogP contribution in [0.2, 0.25) is 0 Å². The number of esters is 3. The summed E-state index contributed by atoms with van der Waals surface area (Å²) in [4.78, 5) is 38.3. The Balaban J connectivity index is 4.38. The fraction of sp³-hybridized carbons (Fsp3) is 0.676. The Bertz CT molecular complexity index is 1600. The van der Waals surface area contributed by atoms with Crippen LogP contribution in [-0.4, -0.2) is 37.2 Å². The quantitative estimate of drug-likeness (QED) is 0.0261.